The van der Waals surface area contributed by atoms with E-state index in [-0.39, 0.29) is 23.9 Å². The van der Waals surface area contributed by atoms with Gasteiger partial charge in [-0.05, 0) is 38.1 Å². The highest BCUT2D eigenvalue weighted by molar-refractivity contribution is 5.80. The monoisotopic (exact) mass is 296 g/mol. The topological polar surface area (TPSA) is 78.7 Å². The largest absolute Gasteiger partial charge is 0.353 e. The van der Waals surface area contributed by atoms with E-state index in [1.807, 2.05) is 4.90 Å². The molecule has 0 aromatic carbocycles. The van der Waals surface area contributed by atoms with E-state index in [9.17, 15) is 9.59 Å². The van der Waals surface area contributed by atoms with Gasteiger partial charge in [0.05, 0.1) is 0 Å². The first kappa shape index (κ1) is 16.1. The number of urea groups is 1. The van der Waals surface area contributed by atoms with Crippen molar-refractivity contribution in [2.75, 3.05) is 33.7 Å². The standard InChI is InChI=1S/C15H28N4O2/c1-18(2)15(21)19-8-6-11(7-9-19)14(20)17-13-5-3-4-12(13)10-16/h11-13H,3-10,16H2,1-2H3,(H,17,20). The van der Waals surface area contributed by atoms with E-state index in [0.717, 1.165) is 32.1 Å². The molecule has 2 rings (SSSR count). The molecule has 6 heteroatoms. The maximum absolute atomic E-state index is 12.4. The zero-order chi connectivity index (χ0) is 15.4. The second kappa shape index (κ2) is 7.11. The van der Waals surface area contributed by atoms with Gasteiger partial charge in [-0.25, -0.2) is 4.79 Å². The summed E-state index contributed by atoms with van der Waals surface area (Å²) in [5.41, 5.74) is 5.76. The Labute approximate surface area is 127 Å². The first-order valence-corrected chi connectivity index (χ1v) is 7.99. The third kappa shape index (κ3) is 3.87. The highest BCUT2D eigenvalue weighted by Crippen LogP contribution is 2.26. The lowest BCUT2D eigenvalue weighted by Crippen LogP contribution is -2.48. The molecule has 1 heterocycles. The van der Waals surface area contributed by atoms with Crippen molar-refractivity contribution in [2.45, 2.75) is 38.1 Å². The van der Waals surface area contributed by atoms with Gasteiger partial charge in [-0.15, -0.1) is 0 Å². The number of nitrogens with two attached hydrogens (primary N) is 1. The van der Waals surface area contributed by atoms with Gasteiger partial charge in [-0.1, -0.05) is 6.42 Å². The molecule has 0 bridgehead atoms. The summed E-state index contributed by atoms with van der Waals surface area (Å²) in [5.74, 6) is 0.622. The molecule has 2 unspecified atom stereocenters. The number of rotatable bonds is 3. The summed E-state index contributed by atoms with van der Waals surface area (Å²) in [4.78, 5) is 27.6. The van der Waals surface area contributed by atoms with E-state index in [2.05, 4.69) is 5.32 Å². The van der Waals surface area contributed by atoms with Crippen LogP contribution < -0.4 is 11.1 Å². The third-order valence-corrected chi connectivity index (χ3v) is 4.81. The van der Waals surface area contributed by atoms with Crippen LogP contribution in [0.2, 0.25) is 0 Å². The van der Waals surface area contributed by atoms with Crippen LogP contribution in [0.3, 0.4) is 0 Å². The van der Waals surface area contributed by atoms with Crippen LogP contribution in [0.25, 0.3) is 0 Å². The summed E-state index contributed by atoms with van der Waals surface area (Å²) in [5, 5.41) is 3.18. The van der Waals surface area contributed by atoms with Crippen LogP contribution in [-0.2, 0) is 4.79 Å². The summed E-state index contributed by atoms with van der Waals surface area (Å²) < 4.78 is 0. The number of nitrogens with one attached hydrogen (secondary N) is 1. The maximum Gasteiger partial charge on any atom is 0.319 e. The number of nitrogens with zero attached hydrogens (tertiary/aromatic N) is 2. The van der Waals surface area contributed by atoms with Crippen molar-refractivity contribution < 1.29 is 9.59 Å². The zero-order valence-corrected chi connectivity index (χ0v) is 13.2. The maximum atomic E-state index is 12.4. The molecule has 1 saturated carbocycles. The smallest absolute Gasteiger partial charge is 0.319 e. The van der Waals surface area contributed by atoms with E-state index in [4.69, 9.17) is 5.73 Å². The number of amides is 3. The average Bonchev–Trinajstić information content (AvgIpc) is 2.93. The normalized spacial score (nSPS) is 26.7. The van der Waals surface area contributed by atoms with Crippen molar-refractivity contribution in [3.05, 3.63) is 0 Å². The molecule has 1 aliphatic heterocycles. The van der Waals surface area contributed by atoms with Crippen LogP contribution in [0.15, 0.2) is 0 Å². The highest BCUT2D eigenvalue weighted by atomic mass is 16.2. The van der Waals surface area contributed by atoms with Crippen molar-refractivity contribution in [3.8, 4) is 0 Å². The van der Waals surface area contributed by atoms with Crippen molar-refractivity contribution in [2.24, 2.45) is 17.6 Å². The zero-order valence-electron chi connectivity index (χ0n) is 13.2. The van der Waals surface area contributed by atoms with E-state index in [1.165, 1.54) is 0 Å². The molecule has 2 fully saturated rings. The summed E-state index contributed by atoms with van der Waals surface area (Å²) >= 11 is 0. The Morgan fingerprint density at radius 2 is 1.86 bits per heavy atom. The second-order valence-electron chi connectivity index (χ2n) is 6.48. The van der Waals surface area contributed by atoms with E-state index >= 15 is 0 Å². The fourth-order valence-corrected chi connectivity index (χ4v) is 3.43. The van der Waals surface area contributed by atoms with E-state index in [1.54, 1.807) is 19.0 Å². The van der Waals surface area contributed by atoms with Gasteiger partial charge in [0.1, 0.15) is 0 Å². The number of likely N-dealkylation sites (tertiary alicyclic amines) is 1. The van der Waals surface area contributed by atoms with Crippen LogP contribution in [0.1, 0.15) is 32.1 Å². The highest BCUT2D eigenvalue weighted by Gasteiger charge is 2.32. The minimum atomic E-state index is 0.0350. The molecule has 0 spiro atoms. The van der Waals surface area contributed by atoms with Crippen LogP contribution in [0.5, 0.6) is 0 Å². The first-order valence-electron chi connectivity index (χ1n) is 7.99. The van der Waals surface area contributed by atoms with Crippen LogP contribution in [0, 0.1) is 11.8 Å². The average molecular weight is 296 g/mol. The summed E-state index contributed by atoms with van der Waals surface area (Å²) in [6.07, 6.45) is 4.84. The Hall–Kier alpha value is -1.30. The van der Waals surface area contributed by atoms with Crippen molar-refractivity contribution in [1.29, 1.82) is 0 Å². The fraction of sp³-hybridized carbons (Fsp3) is 0.867. The first-order chi connectivity index (χ1) is 10.0. The molecule has 21 heavy (non-hydrogen) atoms. The number of hydrogen-bond donors (Lipinski definition) is 2. The molecule has 1 aliphatic carbocycles. The van der Waals surface area contributed by atoms with Crippen molar-refractivity contribution in [1.82, 2.24) is 15.1 Å². The minimum absolute atomic E-state index is 0.0350. The fourth-order valence-electron chi connectivity index (χ4n) is 3.43. The second-order valence-corrected chi connectivity index (χ2v) is 6.48. The molecule has 0 aromatic heterocycles. The molecule has 1 saturated heterocycles. The predicted molar refractivity (Wildman–Crippen MR) is 81.7 cm³/mol. The molecule has 6 nitrogen and oxygen atoms in total. The van der Waals surface area contributed by atoms with Gasteiger partial charge in [-0.2, -0.15) is 0 Å². The Morgan fingerprint density at radius 3 is 2.43 bits per heavy atom. The molecular weight excluding hydrogens is 268 g/mol. The number of piperidine rings is 1. The van der Waals surface area contributed by atoms with Crippen LogP contribution >= 0.6 is 0 Å². The van der Waals surface area contributed by atoms with E-state index in [0.29, 0.717) is 25.6 Å². The molecule has 0 radical (unpaired) electrons. The SMILES string of the molecule is CN(C)C(=O)N1CCC(C(=O)NC2CCCC2CN)CC1. The van der Waals surface area contributed by atoms with Crippen LogP contribution in [0.4, 0.5) is 4.79 Å². The van der Waals surface area contributed by atoms with Gasteiger partial charge in [-0.3, -0.25) is 4.79 Å². The lowest BCUT2D eigenvalue weighted by Gasteiger charge is -2.33. The Kier molecular flexibility index (Phi) is 5.45. The Bertz CT molecular complexity index is 378. The van der Waals surface area contributed by atoms with Gasteiger partial charge >= 0.3 is 6.03 Å². The molecule has 3 amide bonds. The summed E-state index contributed by atoms with van der Waals surface area (Å²) in [6, 6.07) is 0.289. The van der Waals surface area contributed by atoms with Gasteiger partial charge in [0.15, 0.2) is 0 Å². The number of carbonyl (C=O) groups is 2. The molecule has 3 N–H and O–H groups in total. The van der Waals surface area contributed by atoms with Crippen molar-refractivity contribution in [3.63, 3.8) is 0 Å². The Balaban J connectivity index is 1.79. The summed E-state index contributed by atoms with van der Waals surface area (Å²) in [6.45, 7) is 1.99. The minimum Gasteiger partial charge on any atom is -0.353 e. The van der Waals surface area contributed by atoms with Gasteiger partial charge < -0.3 is 20.9 Å². The third-order valence-electron chi connectivity index (χ3n) is 4.81. The number of carbonyl (C=O) groups excluding carboxylic acids is 2. The predicted octanol–water partition coefficient (Wildman–Crippen LogP) is 0.624. The van der Waals surface area contributed by atoms with Gasteiger partial charge in [0, 0.05) is 39.1 Å². The van der Waals surface area contributed by atoms with Crippen LogP contribution in [-0.4, -0.2) is 61.5 Å². The molecule has 0 aromatic rings. The van der Waals surface area contributed by atoms with Crippen molar-refractivity contribution >= 4 is 11.9 Å². The molecule has 2 atom stereocenters. The molecular formula is C15H28N4O2. The lowest BCUT2D eigenvalue weighted by molar-refractivity contribution is -0.127. The quantitative estimate of drug-likeness (QED) is 0.801. The Morgan fingerprint density at radius 1 is 1.19 bits per heavy atom. The molecule has 120 valence electrons. The van der Waals surface area contributed by atoms with Gasteiger partial charge in [0.2, 0.25) is 5.91 Å². The van der Waals surface area contributed by atoms with E-state index < -0.39 is 0 Å². The summed E-state index contributed by atoms with van der Waals surface area (Å²) in [7, 11) is 3.52. The lowest BCUT2D eigenvalue weighted by atomic mass is 9.94. The number of hydrogen-bond acceptors (Lipinski definition) is 3. The molecule has 2 aliphatic rings. The van der Waals surface area contributed by atoms with Gasteiger partial charge in [0.25, 0.3) is 0 Å².